The molecule has 1 saturated heterocycles. The van der Waals surface area contributed by atoms with Crippen LogP contribution < -0.4 is 9.62 Å². The molecule has 40 heavy (non-hydrogen) atoms. The van der Waals surface area contributed by atoms with Gasteiger partial charge in [0.05, 0.1) is 22.2 Å². The third kappa shape index (κ3) is 4.92. The first-order valence-electron chi connectivity index (χ1n) is 12.9. The smallest absolute Gasteiger partial charge is 0.291 e. The van der Waals surface area contributed by atoms with Gasteiger partial charge in [-0.3, -0.25) is 9.48 Å². The number of carbonyl (C=O) groups is 1. The normalized spacial score (nSPS) is 20.9. The zero-order valence-electron chi connectivity index (χ0n) is 22.7. The lowest BCUT2D eigenvalue weighted by atomic mass is 10.0. The number of fused-ring (bicyclic) bond motifs is 1. The van der Waals surface area contributed by atoms with Gasteiger partial charge in [-0.25, -0.2) is 17.2 Å². The molecule has 0 unspecified atom stereocenters. The van der Waals surface area contributed by atoms with E-state index in [0.29, 0.717) is 53.9 Å². The van der Waals surface area contributed by atoms with Crippen LogP contribution in [0, 0.1) is 17.2 Å². The summed E-state index contributed by atoms with van der Waals surface area (Å²) in [5.74, 6) is -0.118. The quantitative estimate of drug-likeness (QED) is 0.441. The summed E-state index contributed by atoms with van der Waals surface area (Å²) in [5.41, 5.74) is 0.251. The van der Waals surface area contributed by atoms with Crippen LogP contribution in [-0.2, 0) is 21.9 Å². The Hall–Kier alpha value is -3.22. The number of sulfonamides is 1. The summed E-state index contributed by atoms with van der Waals surface area (Å²) in [7, 11) is -2.44. The second-order valence-corrected chi connectivity index (χ2v) is 13.6. The molecule has 2 aromatic heterocycles. The van der Waals surface area contributed by atoms with Crippen LogP contribution >= 0.6 is 11.3 Å². The highest BCUT2D eigenvalue weighted by molar-refractivity contribution is 7.89. The maximum atomic E-state index is 13.5. The van der Waals surface area contributed by atoms with Crippen molar-refractivity contribution in [2.75, 3.05) is 18.0 Å². The van der Waals surface area contributed by atoms with E-state index >= 15 is 0 Å². The van der Waals surface area contributed by atoms with Crippen molar-refractivity contribution in [3.63, 3.8) is 0 Å². The van der Waals surface area contributed by atoms with Gasteiger partial charge in [0, 0.05) is 43.5 Å². The number of nitrogens with zero attached hydrogens (tertiary/aromatic N) is 7. The molecule has 2 aliphatic rings. The molecule has 0 bridgehead atoms. The highest BCUT2D eigenvalue weighted by Crippen LogP contribution is 2.41. The molecule has 3 heterocycles. The zero-order chi connectivity index (χ0) is 29.1. The van der Waals surface area contributed by atoms with Crippen molar-refractivity contribution in [3.05, 3.63) is 17.1 Å². The topological polar surface area (TPSA) is 137 Å². The first-order chi connectivity index (χ1) is 18.8. The van der Waals surface area contributed by atoms with Gasteiger partial charge in [0.2, 0.25) is 15.9 Å². The van der Waals surface area contributed by atoms with Gasteiger partial charge in [-0.2, -0.15) is 15.1 Å². The Bertz CT molecular complexity index is 1610. The number of halogens is 2. The van der Waals surface area contributed by atoms with Crippen LogP contribution in [0.3, 0.4) is 0 Å². The summed E-state index contributed by atoms with van der Waals surface area (Å²) >= 11 is 0.694. The van der Waals surface area contributed by atoms with Gasteiger partial charge in [-0.15, -0.1) is 10.2 Å². The zero-order valence-corrected chi connectivity index (χ0v) is 24.4. The van der Waals surface area contributed by atoms with E-state index in [0.717, 1.165) is 0 Å². The molecule has 0 spiro atoms. The van der Waals surface area contributed by atoms with E-state index in [2.05, 4.69) is 20.0 Å². The molecule has 1 aromatic carbocycles. The second-order valence-electron chi connectivity index (χ2n) is 10.9. The molecule has 11 nitrogen and oxygen atoms in total. The van der Waals surface area contributed by atoms with Crippen LogP contribution in [-0.4, -0.2) is 69.9 Å². The summed E-state index contributed by atoms with van der Waals surface area (Å²) in [5, 5.41) is 21.6. The Kier molecular flexibility index (Phi) is 7.08. The fraction of sp³-hybridized carbons (Fsp3) is 0.560. The summed E-state index contributed by atoms with van der Waals surface area (Å²) in [6, 6.07) is 4.70. The number of aryl methyl sites for hydroxylation is 1. The van der Waals surface area contributed by atoms with Gasteiger partial charge in [0.15, 0.2) is 10.0 Å². The Labute approximate surface area is 234 Å². The molecule has 1 saturated carbocycles. The highest BCUT2D eigenvalue weighted by Gasteiger charge is 2.47. The van der Waals surface area contributed by atoms with E-state index in [1.807, 2.05) is 43.6 Å². The third-order valence-electron chi connectivity index (χ3n) is 7.33. The number of hydrogen-bond acceptors (Lipinski definition) is 9. The average Bonchev–Trinajstić information content (AvgIpc) is 3.31. The van der Waals surface area contributed by atoms with E-state index in [9.17, 15) is 27.3 Å². The number of anilines is 1. The molecule has 1 aliphatic heterocycles. The first kappa shape index (κ1) is 28.3. The van der Waals surface area contributed by atoms with Gasteiger partial charge < -0.3 is 9.80 Å². The first-order valence-corrected chi connectivity index (χ1v) is 15.2. The number of carbonyl (C=O) groups excluding carboxylic acids is 1. The maximum absolute atomic E-state index is 13.5. The van der Waals surface area contributed by atoms with Crippen LogP contribution in [0.5, 0.6) is 0 Å². The minimum Gasteiger partial charge on any atom is -0.366 e. The molecule has 1 amide bonds. The van der Waals surface area contributed by atoms with Gasteiger partial charge in [0.25, 0.3) is 6.43 Å². The number of nitriles is 1. The lowest BCUT2D eigenvalue weighted by Crippen LogP contribution is -2.59. The Morgan fingerprint density at radius 3 is 2.38 bits per heavy atom. The molecule has 214 valence electrons. The largest absolute Gasteiger partial charge is 0.366 e. The number of alkyl halides is 2. The number of piperazine rings is 1. The Morgan fingerprint density at radius 2 is 1.85 bits per heavy atom. The standard InChI is InChI=1S/C25H30F2N8O3S2/c1-13(2)24(36)35-14(3)10-34(11-15(35)4)18-9-16(40(37,38)32-25(12-28)6-7-25)8-17-19(31-33(5)20(17)18)22-29-30-23(39-22)21(26)27/h8-9,13-15,21,32H,6-7,10-11H2,1-5H3/t14-,15+. The molecule has 1 aliphatic carbocycles. The van der Waals surface area contributed by atoms with Crippen molar-refractivity contribution in [3.8, 4) is 16.8 Å². The van der Waals surface area contributed by atoms with E-state index < -0.39 is 27.0 Å². The molecular weight excluding hydrogens is 562 g/mol. The molecule has 3 aromatic rings. The van der Waals surface area contributed by atoms with Gasteiger partial charge in [0.1, 0.15) is 11.2 Å². The molecule has 1 N–H and O–H groups in total. The summed E-state index contributed by atoms with van der Waals surface area (Å²) in [4.78, 5) is 16.7. The van der Waals surface area contributed by atoms with Crippen molar-refractivity contribution in [1.82, 2.24) is 29.6 Å². The van der Waals surface area contributed by atoms with Crippen molar-refractivity contribution in [2.45, 2.75) is 69.5 Å². The van der Waals surface area contributed by atoms with Crippen molar-refractivity contribution >= 4 is 43.9 Å². The van der Waals surface area contributed by atoms with Crippen molar-refractivity contribution in [1.29, 1.82) is 5.26 Å². The Balaban J connectivity index is 1.66. The van der Waals surface area contributed by atoms with Crippen LogP contribution in [0.25, 0.3) is 21.6 Å². The SMILES string of the molecule is CC(C)C(=O)N1[C@H](C)CN(c2cc(S(=O)(=O)NC3(C#N)CC3)cc3c(-c4nnc(C(F)F)s4)nn(C)c23)C[C@@H]1C. The van der Waals surface area contributed by atoms with Crippen molar-refractivity contribution < 1.29 is 22.0 Å². The van der Waals surface area contributed by atoms with Crippen LogP contribution in [0.1, 0.15) is 52.0 Å². The lowest BCUT2D eigenvalue weighted by molar-refractivity contribution is -0.139. The molecule has 0 radical (unpaired) electrons. The number of nitrogens with one attached hydrogen (secondary N) is 1. The fourth-order valence-electron chi connectivity index (χ4n) is 5.27. The highest BCUT2D eigenvalue weighted by atomic mass is 32.2. The molecule has 2 fully saturated rings. The van der Waals surface area contributed by atoms with E-state index in [4.69, 9.17) is 0 Å². The summed E-state index contributed by atoms with van der Waals surface area (Å²) in [6.45, 7) is 8.49. The van der Waals surface area contributed by atoms with Crippen LogP contribution in [0.4, 0.5) is 14.5 Å². The van der Waals surface area contributed by atoms with Crippen molar-refractivity contribution in [2.24, 2.45) is 13.0 Å². The Morgan fingerprint density at radius 1 is 1.20 bits per heavy atom. The number of amides is 1. The van der Waals surface area contributed by atoms with Crippen LogP contribution in [0.2, 0.25) is 0 Å². The van der Waals surface area contributed by atoms with E-state index in [-0.39, 0.29) is 39.5 Å². The maximum Gasteiger partial charge on any atom is 0.291 e. The van der Waals surface area contributed by atoms with E-state index in [1.54, 1.807) is 17.8 Å². The number of rotatable bonds is 7. The molecule has 5 rings (SSSR count). The minimum atomic E-state index is -4.13. The predicted molar refractivity (Wildman–Crippen MR) is 145 cm³/mol. The minimum absolute atomic E-state index is 0.0467. The van der Waals surface area contributed by atoms with Gasteiger partial charge in [-0.05, 0) is 38.8 Å². The van der Waals surface area contributed by atoms with Crippen LogP contribution in [0.15, 0.2) is 17.0 Å². The third-order valence-corrected chi connectivity index (χ3v) is 9.79. The summed E-state index contributed by atoms with van der Waals surface area (Å²) in [6.07, 6.45) is -1.97. The monoisotopic (exact) mass is 592 g/mol. The number of aromatic nitrogens is 4. The van der Waals surface area contributed by atoms with Gasteiger partial charge >= 0.3 is 0 Å². The average molecular weight is 593 g/mol. The molecular formula is C25H30F2N8O3S2. The summed E-state index contributed by atoms with van der Waals surface area (Å²) < 4.78 is 57.7. The molecule has 15 heteroatoms. The van der Waals surface area contributed by atoms with Gasteiger partial charge in [-0.1, -0.05) is 25.2 Å². The number of hydrogen-bond donors (Lipinski definition) is 1. The van der Waals surface area contributed by atoms with E-state index in [1.165, 1.54) is 6.07 Å². The molecule has 2 atom stereocenters. The predicted octanol–water partition coefficient (Wildman–Crippen LogP) is 3.45. The lowest BCUT2D eigenvalue weighted by Gasteiger charge is -2.46. The number of benzene rings is 1. The second kappa shape index (κ2) is 10.0. The fourth-order valence-corrected chi connectivity index (χ4v) is 7.39.